The minimum Gasteiger partial charge on any atom is -0.396 e. The van der Waals surface area contributed by atoms with Crippen LogP contribution in [0.1, 0.15) is 42.0 Å². The Bertz CT molecular complexity index is 416. The summed E-state index contributed by atoms with van der Waals surface area (Å²) in [6.45, 7) is 4.61. The topological polar surface area (TPSA) is 23.5 Å². The van der Waals surface area contributed by atoms with Gasteiger partial charge in [-0.1, -0.05) is 30.2 Å². The molecule has 1 aliphatic rings. The van der Waals surface area contributed by atoms with Gasteiger partial charge >= 0.3 is 0 Å². The Morgan fingerprint density at radius 1 is 1.28 bits per heavy atom. The van der Waals surface area contributed by atoms with E-state index in [4.69, 9.17) is 0 Å². The van der Waals surface area contributed by atoms with Crippen molar-refractivity contribution in [3.63, 3.8) is 0 Å². The first-order valence-electron chi connectivity index (χ1n) is 6.84. The molecule has 0 amide bonds. The summed E-state index contributed by atoms with van der Waals surface area (Å²) in [5, 5.41) is 9.84. The van der Waals surface area contributed by atoms with Crippen LogP contribution in [0.15, 0.2) is 18.2 Å². The summed E-state index contributed by atoms with van der Waals surface area (Å²) in [7, 11) is 4.25. The number of aliphatic hydroxyl groups excluding tert-OH is 1. The largest absolute Gasteiger partial charge is 0.396 e. The molecule has 1 atom stereocenters. The molecular formula is C16H25NO. The van der Waals surface area contributed by atoms with E-state index >= 15 is 0 Å². The third-order valence-electron chi connectivity index (χ3n) is 4.48. The standard InChI is InChI=1S/C16H25NO/c1-12-6-7-14(13(2)10-12)15(17(3)4)16(11-18)8-5-9-16/h6-7,10,15,18H,5,8-9,11H2,1-4H3. The smallest absolute Gasteiger partial charge is 0.0505 e. The van der Waals surface area contributed by atoms with Gasteiger partial charge < -0.3 is 10.0 Å². The van der Waals surface area contributed by atoms with Crippen molar-refractivity contribution in [1.29, 1.82) is 0 Å². The number of hydrogen-bond donors (Lipinski definition) is 1. The van der Waals surface area contributed by atoms with Gasteiger partial charge in [-0.15, -0.1) is 0 Å². The zero-order valence-electron chi connectivity index (χ0n) is 12.0. The second-order valence-corrected chi connectivity index (χ2v) is 6.10. The molecule has 0 aliphatic heterocycles. The van der Waals surface area contributed by atoms with E-state index in [2.05, 4.69) is 51.0 Å². The lowest BCUT2D eigenvalue weighted by atomic mass is 9.62. The van der Waals surface area contributed by atoms with E-state index < -0.39 is 0 Å². The molecule has 100 valence electrons. The fraction of sp³-hybridized carbons (Fsp3) is 0.625. The van der Waals surface area contributed by atoms with E-state index in [0.29, 0.717) is 12.6 Å². The van der Waals surface area contributed by atoms with Crippen molar-refractivity contribution in [2.45, 2.75) is 39.2 Å². The zero-order chi connectivity index (χ0) is 13.3. The first kappa shape index (κ1) is 13.6. The van der Waals surface area contributed by atoms with Gasteiger partial charge in [0.15, 0.2) is 0 Å². The maximum atomic E-state index is 9.84. The predicted molar refractivity (Wildman–Crippen MR) is 75.7 cm³/mol. The molecule has 1 fully saturated rings. The second-order valence-electron chi connectivity index (χ2n) is 6.10. The van der Waals surface area contributed by atoms with E-state index in [0.717, 1.165) is 12.8 Å². The average molecular weight is 247 g/mol. The molecule has 0 saturated heterocycles. The van der Waals surface area contributed by atoms with Crippen molar-refractivity contribution < 1.29 is 5.11 Å². The molecule has 0 bridgehead atoms. The lowest BCUT2D eigenvalue weighted by molar-refractivity contribution is -0.0310. The lowest BCUT2D eigenvalue weighted by Crippen LogP contribution is -2.45. The second kappa shape index (κ2) is 5.02. The van der Waals surface area contributed by atoms with Crippen molar-refractivity contribution >= 4 is 0 Å². The van der Waals surface area contributed by atoms with Crippen LogP contribution in [-0.2, 0) is 0 Å². The Hall–Kier alpha value is -0.860. The third kappa shape index (κ3) is 2.19. The predicted octanol–water partition coefficient (Wildman–Crippen LogP) is 3.07. The third-order valence-corrected chi connectivity index (χ3v) is 4.48. The number of hydrogen-bond acceptors (Lipinski definition) is 2. The van der Waals surface area contributed by atoms with Crippen LogP contribution in [-0.4, -0.2) is 30.7 Å². The first-order valence-corrected chi connectivity index (χ1v) is 6.84. The van der Waals surface area contributed by atoms with E-state index in [1.807, 2.05) is 0 Å². The highest BCUT2D eigenvalue weighted by atomic mass is 16.3. The molecule has 0 heterocycles. The van der Waals surface area contributed by atoms with E-state index in [-0.39, 0.29) is 5.41 Å². The highest BCUT2D eigenvalue weighted by molar-refractivity contribution is 5.34. The molecular weight excluding hydrogens is 222 g/mol. The van der Waals surface area contributed by atoms with Crippen LogP contribution < -0.4 is 0 Å². The Kier molecular flexibility index (Phi) is 3.79. The summed E-state index contributed by atoms with van der Waals surface area (Å²) in [5.41, 5.74) is 4.09. The molecule has 0 aromatic heterocycles. The van der Waals surface area contributed by atoms with Crippen LogP contribution in [0, 0.1) is 19.3 Å². The van der Waals surface area contributed by atoms with Gasteiger partial charge in [0.25, 0.3) is 0 Å². The van der Waals surface area contributed by atoms with Gasteiger partial charge in [0.2, 0.25) is 0 Å². The number of rotatable bonds is 4. The fourth-order valence-corrected chi connectivity index (χ4v) is 3.44. The molecule has 0 radical (unpaired) electrons. The van der Waals surface area contributed by atoms with Gasteiger partial charge in [0, 0.05) is 11.5 Å². The molecule has 1 aromatic carbocycles. The Balaban J connectivity index is 2.41. The minimum atomic E-state index is 0.0729. The number of benzene rings is 1. The molecule has 18 heavy (non-hydrogen) atoms. The monoisotopic (exact) mass is 247 g/mol. The zero-order valence-corrected chi connectivity index (χ0v) is 12.0. The van der Waals surface area contributed by atoms with Crippen molar-refractivity contribution in [3.05, 3.63) is 34.9 Å². The Labute approximate surface area is 111 Å². The van der Waals surface area contributed by atoms with Crippen molar-refractivity contribution in [1.82, 2.24) is 4.90 Å². The first-order chi connectivity index (χ1) is 8.50. The van der Waals surface area contributed by atoms with Gasteiger partial charge in [0.05, 0.1) is 6.61 Å². The van der Waals surface area contributed by atoms with Crippen LogP contribution >= 0.6 is 0 Å². The molecule has 2 heteroatoms. The quantitative estimate of drug-likeness (QED) is 0.884. The Morgan fingerprint density at radius 3 is 2.33 bits per heavy atom. The normalized spacial score (nSPS) is 19.7. The van der Waals surface area contributed by atoms with Crippen LogP contribution in [0.2, 0.25) is 0 Å². The summed E-state index contributed by atoms with van der Waals surface area (Å²) in [6, 6.07) is 7.00. The van der Waals surface area contributed by atoms with Gasteiger partial charge in [0.1, 0.15) is 0 Å². The van der Waals surface area contributed by atoms with Crippen molar-refractivity contribution in [3.8, 4) is 0 Å². The number of aliphatic hydroxyl groups is 1. The SMILES string of the molecule is Cc1ccc(C(N(C)C)C2(CO)CCC2)c(C)c1. The average Bonchev–Trinajstić information content (AvgIpc) is 2.24. The number of nitrogens with zero attached hydrogens (tertiary/aromatic N) is 1. The highest BCUT2D eigenvalue weighted by Crippen LogP contribution is 2.52. The van der Waals surface area contributed by atoms with Crippen molar-refractivity contribution in [2.24, 2.45) is 5.41 Å². The van der Waals surface area contributed by atoms with E-state index in [1.54, 1.807) is 0 Å². The molecule has 1 unspecified atom stereocenters. The van der Waals surface area contributed by atoms with Gasteiger partial charge in [-0.05, 0) is 51.9 Å². The molecule has 1 N–H and O–H groups in total. The summed E-state index contributed by atoms with van der Waals surface area (Å²) in [5.74, 6) is 0. The minimum absolute atomic E-state index is 0.0729. The number of aryl methyl sites for hydroxylation is 2. The highest BCUT2D eigenvalue weighted by Gasteiger charge is 2.45. The van der Waals surface area contributed by atoms with Gasteiger partial charge in [-0.3, -0.25) is 0 Å². The van der Waals surface area contributed by atoms with Crippen LogP contribution in [0.25, 0.3) is 0 Å². The van der Waals surface area contributed by atoms with Crippen LogP contribution in [0.3, 0.4) is 0 Å². The lowest BCUT2D eigenvalue weighted by Gasteiger charge is -2.49. The molecule has 1 aliphatic carbocycles. The Morgan fingerprint density at radius 2 is 1.94 bits per heavy atom. The van der Waals surface area contributed by atoms with E-state index in [9.17, 15) is 5.11 Å². The van der Waals surface area contributed by atoms with Crippen molar-refractivity contribution in [2.75, 3.05) is 20.7 Å². The van der Waals surface area contributed by atoms with Crippen LogP contribution in [0.4, 0.5) is 0 Å². The molecule has 0 spiro atoms. The molecule has 2 rings (SSSR count). The maximum absolute atomic E-state index is 9.84. The molecule has 2 nitrogen and oxygen atoms in total. The van der Waals surface area contributed by atoms with E-state index in [1.165, 1.54) is 23.1 Å². The van der Waals surface area contributed by atoms with Gasteiger partial charge in [-0.2, -0.15) is 0 Å². The maximum Gasteiger partial charge on any atom is 0.0505 e. The summed E-state index contributed by atoms with van der Waals surface area (Å²) in [6.07, 6.45) is 3.52. The van der Waals surface area contributed by atoms with Gasteiger partial charge in [-0.25, -0.2) is 0 Å². The van der Waals surface area contributed by atoms with Crippen LogP contribution in [0.5, 0.6) is 0 Å². The molecule has 1 aromatic rings. The fourth-order valence-electron chi connectivity index (χ4n) is 3.44. The molecule has 1 saturated carbocycles. The summed E-state index contributed by atoms with van der Waals surface area (Å²) in [4.78, 5) is 2.27. The summed E-state index contributed by atoms with van der Waals surface area (Å²) < 4.78 is 0. The summed E-state index contributed by atoms with van der Waals surface area (Å²) >= 11 is 0.